The Balaban J connectivity index is 2.22. The maximum atomic E-state index is 13.4. The Kier molecular flexibility index (Phi) is 13.2. The lowest BCUT2D eigenvalue weighted by Gasteiger charge is -2.17. The Morgan fingerprint density at radius 3 is 2.10 bits per heavy atom. The number of hydroxylamine groups is 2. The fourth-order valence-corrected chi connectivity index (χ4v) is 4.14. The van der Waals surface area contributed by atoms with E-state index < -0.39 is 28.0 Å². The van der Waals surface area contributed by atoms with E-state index in [1.807, 2.05) is 0 Å². The van der Waals surface area contributed by atoms with E-state index in [0.717, 1.165) is 19.1 Å². The van der Waals surface area contributed by atoms with E-state index >= 15 is 0 Å². The largest absolute Gasteiger partial charge is 0.462 e. The van der Waals surface area contributed by atoms with E-state index in [1.54, 1.807) is 42.5 Å². The van der Waals surface area contributed by atoms with E-state index in [1.165, 1.54) is 19.1 Å². The molecule has 214 valence electrons. The second-order valence-corrected chi connectivity index (χ2v) is 10.8. The van der Waals surface area contributed by atoms with Crippen molar-refractivity contribution in [3.63, 3.8) is 0 Å². The van der Waals surface area contributed by atoms with Crippen molar-refractivity contribution in [2.75, 3.05) is 32.6 Å². The number of carbonyl (C=O) groups excluding carboxylic acids is 2. The summed E-state index contributed by atoms with van der Waals surface area (Å²) in [6.07, 6.45) is 2.69. The topological polar surface area (TPSA) is 167 Å². The molecule has 2 rings (SSSR count). The van der Waals surface area contributed by atoms with Crippen molar-refractivity contribution in [2.45, 2.75) is 43.7 Å². The number of unbranched alkanes of at least 4 members (excludes halogenated alkanes) is 3. The van der Waals surface area contributed by atoms with Gasteiger partial charge in [-0.2, -0.15) is 0 Å². The van der Waals surface area contributed by atoms with E-state index in [9.17, 15) is 23.2 Å². The van der Waals surface area contributed by atoms with Crippen LogP contribution >= 0.6 is 0 Å². The monoisotopic (exact) mass is 565 g/mol. The minimum atomic E-state index is -3.43. The number of ether oxygens (including phenoxy) is 2. The van der Waals surface area contributed by atoms with Gasteiger partial charge < -0.3 is 20.3 Å². The molecule has 0 fully saturated rings. The van der Waals surface area contributed by atoms with Crippen molar-refractivity contribution in [3.05, 3.63) is 65.7 Å². The van der Waals surface area contributed by atoms with Gasteiger partial charge in [0.1, 0.15) is 6.61 Å². The first-order valence-corrected chi connectivity index (χ1v) is 14.4. The Morgan fingerprint density at radius 1 is 0.923 bits per heavy atom. The Hall–Kier alpha value is -3.13. The van der Waals surface area contributed by atoms with Gasteiger partial charge in [-0.3, -0.25) is 10.0 Å². The molecule has 0 spiro atoms. The number of aliphatic hydroxyl groups is 1. The molecule has 0 saturated heterocycles. The van der Waals surface area contributed by atoms with Crippen molar-refractivity contribution in [2.24, 2.45) is 0 Å². The number of sulfone groups is 1. The summed E-state index contributed by atoms with van der Waals surface area (Å²) >= 11 is 0. The fraction of sp³-hybridized carbons (Fsp3) is 0.407. The van der Waals surface area contributed by atoms with E-state index in [0.29, 0.717) is 34.8 Å². The van der Waals surface area contributed by atoms with Crippen LogP contribution in [-0.4, -0.2) is 74.7 Å². The molecule has 1 atom stereocenters. The fourth-order valence-electron chi connectivity index (χ4n) is 3.51. The van der Waals surface area contributed by atoms with Gasteiger partial charge in [-0.15, -0.1) is 0 Å². The number of carbonyl (C=O) groups is 2. The van der Waals surface area contributed by atoms with Crippen LogP contribution in [0.2, 0.25) is 0 Å². The predicted octanol–water partition coefficient (Wildman–Crippen LogP) is 1.85. The molecule has 0 bridgehead atoms. The maximum Gasteiger partial charge on any atom is 0.361 e. The smallest absolute Gasteiger partial charge is 0.361 e. The summed E-state index contributed by atoms with van der Waals surface area (Å²) in [5.74, 6) is -1.16. The molecular weight excluding hydrogens is 528 g/mol. The highest BCUT2D eigenvalue weighted by Crippen LogP contribution is 2.29. The lowest BCUT2D eigenvalue weighted by Crippen LogP contribution is -2.54. The van der Waals surface area contributed by atoms with Crippen molar-refractivity contribution in [3.8, 4) is 0 Å². The molecule has 0 aliphatic rings. The lowest BCUT2D eigenvalue weighted by atomic mass is 9.95. The molecule has 0 heterocycles. The average Bonchev–Trinajstić information content (AvgIpc) is 2.91. The van der Waals surface area contributed by atoms with Crippen LogP contribution in [0, 0.1) is 0 Å². The van der Waals surface area contributed by atoms with Gasteiger partial charge in [0.2, 0.25) is 0 Å². The quantitative estimate of drug-likeness (QED) is 0.0682. The third-order valence-corrected chi connectivity index (χ3v) is 6.72. The normalized spacial score (nSPS) is 13.1. The Labute approximate surface area is 228 Å². The molecule has 2 aromatic rings. The van der Waals surface area contributed by atoms with Crippen molar-refractivity contribution in [1.82, 2.24) is 5.23 Å². The maximum absolute atomic E-state index is 13.4. The minimum absolute atomic E-state index is 0.0915. The van der Waals surface area contributed by atoms with Gasteiger partial charge in [0, 0.05) is 11.8 Å². The second-order valence-electron chi connectivity index (χ2n) is 8.74. The van der Waals surface area contributed by atoms with Crippen LogP contribution in [0.5, 0.6) is 0 Å². The number of hydrogen-bond donors (Lipinski definition) is 3. The number of benzene rings is 2. The van der Waals surface area contributed by atoms with Gasteiger partial charge in [0.25, 0.3) is 0 Å². The molecule has 5 N–H and O–H groups in total. The summed E-state index contributed by atoms with van der Waals surface area (Å²) in [4.78, 5) is 30.3. The summed E-state index contributed by atoms with van der Waals surface area (Å²) in [7, 11) is -3.43. The van der Waals surface area contributed by atoms with Gasteiger partial charge in [-0.25, -0.2) is 18.0 Å². The third kappa shape index (κ3) is 10.9. The van der Waals surface area contributed by atoms with Crippen LogP contribution in [0.15, 0.2) is 59.5 Å². The highest BCUT2D eigenvalue weighted by atomic mass is 32.2. The Bertz CT molecular complexity index is 1200. The van der Waals surface area contributed by atoms with Gasteiger partial charge in [-0.05, 0) is 54.7 Å². The molecule has 39 heavy (non-hydrogen) atoms. The van der Waals surface area contributed by atoms with Gasteiger partial charge in [0.05, 0.1) is 23.7 Å². The molecule has 11 nitrogen and oxygen atoms in total. The SMILES string of the molecule is C[C@@H](O)N(O)OCCCCCCOC(=O)/C(=C(\COC(=O)C[NH3+])c1ccc(S(C)(=O)=O)cc1)c1ccccc1. The summed E-state index contributed by atoms with van der Waals surface area (Å²) in [6, 6.07) is 14.8. The third-order valence-electron chi connectivity index (χ3n) is 5.60. The Morgan fingerprint density at radius 2 is 1.54 bits per heavy atom. The minimum Gasteiger partial charge on any atom is -0.462 e. The van der Waals surface area contributed by atoms with E-state index in [2.05, 4.69) is 5.73 Å². The van der Waals surface area contributed by atoms with Crippen molar-refractivity contribution >= 4 is 32.9 Å². The highest BCUT2D eigenvalue weighted by Gasteiger charge is 2.22. The van der Waals surface area contributed by atoms with Crippen LogP contribution in [0.4, 0.5) is 0 Å². The number of hydrogen-bond acceptors (Lipinski definition) is 10. The number of esters is 2. The molecule has 0 unspecified atom stereocenters. The summed E-state index contributed by atoms with van der Waals surface area (Å²) < 4.78 is 34.8. The second kappa shape index (κ2) is 16.1. The molecule has 2 aromatic carbocycles. The zero-order valence-corrected chi connectivity index (χ0v) is 23.1. The van der Waals surface area contributed by atoms with Gasteiger partial charge >= 0.3 is 11.9 Å². The summed E-state index contributed by atoms with van der Waals surface area (Å²) in [6.45, 7) is 1.42. The zero-order chi connectivity index (χ0) is 28.8. The van der Waals surface area contributed by atoms with Gasteiger partial charge in [-0.1, -0.05) is 48.9 Å². The predicted molar refractivity (Wildman–Crippen MR) is 142 cm³/mol. The molecule has 0 amide bonds. The first-order valence-electron chi connectivity index (χ1n) is 12.5. The van der Waals surface area contributed by atoms with Crippen LogP contribution in [0.25, 0.3) is 11.1 Å². The molecule has 0 saturated carbocycles. The number of nitrogens with zero attached hydrogens (tertiary/aromatic N) is 1. The molecule has 12 heteroatoms. The molecule has 0 radical (unpaired) electrons. The zero-order valence-electron chi connectivity index (χ0n) is 22.2. The molecular formula is C27H37N2O9S+. The van der Waals surface area contributed by atoms with Crippen LogP contribution in [0.3, 0.4) is 0 Å². The molecule has 0 aromatic heterocycles. The lowest BCUT2D eigenvalue weighted by molar-refractivity contribution is -0.392. The van der Waals surface area contributed by atoms with E-state index in [4.69, 9.17) is 19.4 Å². The van der Waals surface area contributed by atoms with Gasteiger partial charge in [0.15, 0.2) is 22.6 Å². The summed E-state index contributed by atoms with van der Waals surface area (Å²) in [5, 5.41) is 18.8. The van der Waals surface area contributed by atoms with Crippen LogP contribution in [0.1, 0.15) is 43.7 Å². The average molecular weight is 566 g/mol. The van der Waals surface area contributed by atoms with Crippen LogP contribution < -0.4 is 5.73 Å². The highest BCUT2D eigenvalue weighted by molar-refractivity contribution is 7.90. The molecule has 0 aliphatic heterocycles. The standard InChI is InChI=1S/C27H36N2O9S/c1-20(30)29(33)38-17-9-4-3-8-16-36-27(32)26(22-10-6-5-7-11-22)24(19-37-25(31)18-28)21-12-14-23(15-13-21)39(2,34)35/h5-7,10-15,20,30,33H,3-4,8-9,16-19,28H2,1-2H3/p+1/b26-24+/t20-/m1/s1. The number of aliphatic hydroxyl groups excluding tert-OH is 1. The van der Waals surface area contributed by atoms with Crippen LogP contribution in [-0.2, 0) is 33.7 Å². The first kappa shape index (κ1) is 32.1. The molecule has 0 aliphatic carbocycles. The number of rotatable bonds is 16. The first-order chi connectivity index (χ1) is 18.5. The summed E-state index contributed by atoms with van der Waals surface area (Å²) in [5.41, 5.74) is 5.16. The number of quaternary nitrogens is 1. The van der Waals surface area contributed by atoms with Crippen molar-refractivity contribution in [1.29, 1.82) is 0 Å². The van der Waals surface area contributed by atoms with E-state index in [-0.39, 0.29) is 36.8 Å². The van der Waals surface area contributed by atoms with Crippen molar-refractivity contribution < 1.29 is 48.4 Å².